The van der Waals surface area contributed by atoms with E-state index in [1.54, 1.807) is 14.2 Å². The number of methoxy groups -OCH3 is 2. The molecule has 0 aromatic carbocycles. The van der Waals surface area contributed by atoms with Gasteiger partial charge in [0, 0.05) is 14.2 Å². The molecule has 31 heavy (non-hydrogen) atoms. The van der Waals surface area contributed by atoms with Gasteiger partial charge in [-0.3, -0.25) is 0 Å². The van der Waals surface area contributed by atoms with E-state index in [1.807, 2.05) is 0 Å². The third-order valence-corrected chi connectivity index (χ3v) is 5.77. The molecule has 0 heterocycles. The van der Waals surface area contributed by atoms with Crippen molar-refractivity contribution in [1.29, 1.82) is 0 Å². The average Bonchev–Trinajstić information content (AvgIpc) is 3.38. The molecule has 0 unspecified atom stereocenters. The maximum atomic E-state index is 5.92. The summed E-state index contributed by atoms with van der Waals surface area (Å²) in [6.07, 6.45) is 5.94. The van der Waals surface area contributed by atoms with Crippen LogP contribution in [0.4, 0.5) is 0 Å². The Morgan fingerprint density at radius 1 is 0.484 bits per heavy atom. The van der Waals surface area contributed by atoms with Crippen molar-refractivity contribution in [2.24, 2.45) is 23.7 Å². The largest absolute Gasteiger partial charge is 0.382 e. The van der Waals surface area contributed by atoms with E-state index in [9.17, 15) is 0 Å². The summed E-state index contributed by atoms with van der Waals surface area (Å²) in [5.74, 6) is 2.30. The number of ether oxygens (including phenoxy) is 8. The monoisotopic (exact) mass is 446 g/mol. The molecule has 2 aliphatic rings. The third kappa shape index (κ3) is 11.2. The first-order valence-electron chi connectivity index (χ1n) is 11.5. The van der Waals surface area contributed by atoms with Crippen LogP contribution in [0.5, 0.6) is 0 Å². The molecule has 8 nitrogen and oxygen atoms in total. The minimum Gasteiger partial charge on any atom is -0.382 e. The van der Waals surface area contributed by atoms with Crippen molar-refractivity contribution in [3.05, 3.63) is 12.2 Å². The first-order chi connectivity index (χ1) is 15.4. The molecule has 1 fully saturated rings. The van der Waals surface area contributed by atoms with Crippen LogP contribution in [0.25, 0.3) is 0 Å². The van der Waals surface area contributed by atoms with Crippen LogP contribution in [0.2, 0.25) is 0 Å². The summed E-state index contributed by atoms with van der Waals surface area (Å²) in [6, 6.07) is 0. The van der Waals surface area contributed by atoms with E-state index in [2.05, 4.69) is 12.2 Å². The fraction of sp³-hybridized carbons (Fsp3) is 0.913. The molecule has 0 radical (unpaired) electrons. The summed E-state index contributed by atoms with van der Waals surface area (Å²) in [4.78, 5) is 0. The third-order valence-electron chi connectivity index (χ3n) is 5.77. The quantitative estimate of drug-likeness (QED) is 0.184. The van der Waals surface area contributed by atoms with Crippen LogP contribution in [-0.4, -0.2) is 107 Å². The van der Waals surface area contributed by atoms with E-state index in [0.717, 1.165) is 13.2 Å². The van der Waals surface area contributed by atoms with Crippen molar-refractivity contribution in [3.63, 3.8) is 0 Å². The summed E-state index contributed by atoms with van der Waals surface area (Å²) < 4.78 is 43.5. The zero-order valence-corrected chi connectivity index (χ0v) is 19.3. The van der Waals surface area contributed by atoms with Crippen molar-refractivity contribution in [3.8, 4) is 0 Å². The van der Waals surface area contributed by atoms with Gasteiger partial charge in [-0.1, -0.05) is 12.2 Å². The predicted molar refractivity (Wildman–Crippen MR) is 116 cm³/mol. The molecule has 4 atom stereocenters. The Morgan fingerprint density at radius 2 is 0.806 bits per heavy atom. The Labute approximate surface area is 187 Å². The van der Waals surface area contributed by atoms with Gasteiger partial charge in [0.15, 0.2) is 0 Å². The zero-order valence-electron chi connectivity index (χ0n) is 19.3. The molecule has 0 N–H and O–H groups in total. The maximum Gasteiger partial charge on any atom is 0.0701 e. The van der Waals surface area contributed by atoms with Gasteiger partial charge in [-0.05, 0) is 30.1 Å². The Bertz CT molecular complexity index is 409. The van der Waals surface area contributed by atoms with Gasteiger partial charge in [-0.25, -0.2) is 0 Å². The Morgan fingerprint density at radius 3 is 1.16 bits per heavy atom. The van der Waals surface area contributed by atoms with Crippen LogP contribution < -0.4 is 0 Å². The second-order valence-corrected chi connectivity index (χ2v) is 7.86. The van der Waals surface area contributed by atoms with E-state index in [1.165, 1.54) is 6.42 Å². The van der Waals surface area contributed by atoms with Gasteiger partial charge in [0.05, 0.1) is 92.5 Å². The molecule has 2 rings (SSSR count). The second kappa shape index (κ2) is 17.9. The fourth-order valence-electron chi connectivity index (χ4n) is 4.12. The van der Waals surface area contributed by atoms with E-state index in [0.29, 0.717) is 103 Å². The van der Waals surface area contributed by atoms with Crippen LogP contribution in [0.1, 0.15) is 6.42 Å². The number of fused-ring (bicyclic) bond motifs is 2. The molecule has 182 valence electrons. The van der Waals surface area contributed by atoms with Gasteiger partial charge in [0.2, 0.25) is 0 Å². The lowest BCUT2D eigenvalue weighted by Crippen LogP contribution is -2.29. The summed E-state index contributed by atoms with van der Waals surface area (Å²) >= 11 is 0. The standard InChI is InChI=1S/C23H42O8/c1-24-5-7-26-9-11-28-13-15-30-18-22-20-3-4-21(17-20)23(22)19-31-16-14-29-12-10-27-8-6-25-2/h3-4,20-23H,5-19H2,1-2H3/t20-,21+,22-,23+. The molecule has 1 saturated carbocycles. The Kier molecular flexibility index (Phi) is 15.4. The normalized spacial score (nSPS) is 24.5. The molecule has 0 saturated heterocycles. The summed E-state index contributed by atoms with van der Waals surface area (Å²) in [6.45, 7) is 8.74. The number of allylic oxidation sites excluding steroid dienone is 2. The van der Waals surface area contributed by atoms with E-state index in [4.69, 9.17) is 37.9 Å². The van der Waals surface area contributed by atoms with Gasteiger partial charge < -0.3 is 37.9 Å². The molecule has 0 amide bonds. The smallest absolute Gasteiger partial charge is 0.0701 e. The highest BCUT2D eigenvalue weighted by Gasteiger charge is 2.44. The summed E-state index contributed by atoms with van der Waals surface area (Å²) in [7, 11) is 3.33. The van der Waals surface area contributed by atoms with Gasteiger partial charge in [0.1, 0.15) is 0 Å². The van der Waals surface area contributed by atoms with E-state index < -0.39 is 0 Å². The number of rotatable bonds is 22. The van der Waals surface area contributed by atoms with Crippen LogP contribution in [0.3, 0.4) is 0 Å². The number of hydrogen-bond acceptors (Lipinski definition) is 8. The average molecular weight is 447 g/mol. The molecule has 2 bridgehead atoms. The van der Waals surface area contributed by atoms with Crippen LogP contribution in [0.15, 0.2) is 12.2 Å². The van der Waals surface area contributed by atoms with Gasteiger partial charge in [-0.2, -0.15) is 0 Å². The van der Waals surface area contributed by atoms with Crippen molar-refractivity contribution in [2.45, 2.75) is 6.42 Å². The molecular formula is C23H42O8. The lowest BCUT2D eigenvalue weighted by Gasteiger charge is -2.27. The van der Waals surface area contributed by atoms with Crippen LogP contribution >= 0.6 is 0 Å². The molecule has 0 spiro atoms. The lowest BCUT2D eigenvalue weighted by molar-refractivity contribution is -0.0226. The molecule has 0 aliphatic heterocycles. The van der Waals surface area contributed by atoms with E-state index in [-0.39, 0.29) is 0 Å². The summed E-state index contributed by atoms with van der Waals surface area (Å²) in [5.41, 5.74) is 0. The van der Waals surface area contributed by atoms with Crippen molar-refractivity contribution < 1.29 is 37.9 Å². The highest BCUT2D eigenvalue weighted by atomic mass is 16.6. The Hall–Kier alpha value is -0.580. The number of hydrogen-bond donors (Lipinski definition) is 0. The van der Waals surface area contributed by atoms with Gasteiger partial charge in [0.25, 0.3) is 0 Å². The second-order valence-electron chi connectivity index (χ2n) is 7.86. The Balaban J connectivity index is 1.46. The molecule has 2 aliphatic carbocycles. The van der Waals surface area contributed by atoms with Crippen molar-refractivity contribution in [2.75, 3.05) is 107 Å². The first-order valence-corrected chi connectivity index (χ1v) is 11.5. The minimum atomic E-state index is 0.530. The molecular weight excluding hydrogens is 404 g/mol. The van der Waals surface area contributed by atoms with Crippen molar-refractivity contribution in [1.82, 2.24) is 0 Å². The maximum absolute atomic E-state index is 5.92. The first kappa shape index (κ1) is 26.7. The van der Waals surface area contributed by atoms with E-state index >= 15 is 0 Å². The van der Waals surface area contributed by atoms with Crippen molar-refractivity contribution >= 4 is 0 Å². The predicted octanol–water partition coefficient (Wildman–Crippen LogP) is 1.82. The highest BCUT2D eigenvalue weighted by molar-refractivity contribution is 5.13. The minimum absolute atomic E-state index is 0.530. The zero-order chi connectivity index (χ0) is 22.0. The van der Waals surface area contributed by atoms with Crippen LogP contribution in [0, 0.1) is 23.7 Å². The highest BCUT2D eigenvalue weighted by Crippen LogP contribution is 2.48. The molecule has 0 aromatic heterocycles. The molecule has 8 heteroatoms. The lowest BCUT2D eigenvalue weighted by atomic mass is 9.84. The fourth-order valence-corrected chi connectivity index (χ4v) is 4.12. The SMILES string of the molecule is COCCOCCOCCOC[C@@H]1[C@H](COCCOCCOCCOC)[C@@H]2C=C[C@H]1C2. The van der Waals surface area contributed by atoms with Gasteiger partial charge in [-0.15, -0.1) is 0 Å². The topological polar surface area (TPSA) is 73.8 Å². The molecule has 0 aromatic rings. The summed E-state index contributed by atoms with van der Waals surface area (Å²) in [5, 5.41) is 0. The van der Waals surface area contributed by atoms with Gasteiger partial charge >= 0.3 is 0 Å². The van der Waals surface area contributed by atoms with Crippen LogP contribution in [-0.2, 0) is 37.9 Å².